The van der Waals surface area contributed by atoms with Gasteiger partial charge in [0.05, 0.1) is 37.1 Å². The van der Waals surface area contributed by atoms with Gasteiger partial charge >= 0.3 is 0 Å². The summed E-state index contributed by atoms with van der Waals surface area (Å²) in [6.45, 7) is 1.14. The van der Waals surface area contributed by atoms with Gasteiger partial charge in [0, 0.05) is 31.9 Å². The molecular weight excluding hydrogens is 272 g/mol. The summed E-state index contributed by atoms with van der Waals surface area (Å²) in [5.41, 5.74) is 1.03. The minimum atomic E-state index is -0.339. The highest BCUT2D eigenvalue weighted by molar-refractivity contribution is 5.96. The molecule has 0 bridgehead atoms. The first-order valence-electron chi connectivity index (χ1n) is 6.81. The number of pyridine rings is 1. The van der Waals surface area contributed by atoms with Crippen LogP contribution in [0.5, 0.6) is 0 Å². The van der Waals surface area contributed by atoms with Gasteiger partial charge in [0.1, 0.15) is 0 Å². The summed E-state index contributed by atoms with van der Waals surface area (Å²) in [5.74, 6) is 5.51. The standard InChI is InChI=1S/C15H18N2O4/c18-7-2-1-3-12-9-16-5-4-14(12)15(20)17-6-8-21-13(10-17)11-19/h4-5,9,13,18-19H,2,6-8,10-11H2. The van der Waals surface area contributed by atoms with Gasteiger partial charge in [-0.15, -0.1) is 0 Å². The minimum Gasteiger partial charge on any atom is -0.395 e. The van der Waals surface area contributed by atoms with Crippen molar-refractivity contribution >= 4 is 5.91 Å². The van der Waals surface area contributed by atoms with Gasteiger partial charge in [-0.2, -0.15) is 0 Å². The lowest BCUT2D eigenvalue weighted by molar-refractivity contribution is -0.0447. The number of carbonyl (C=O) groups is 1. The Balaban J connectivity index is 2.17. The van der Waals surface area contributed by atoms with Gasteiger partial charge in [-0.3, -0.25) is 9.78 Å². The fourth-order valence-corrected chi connectivity index (χ4v) is 2.08. The average Bonchev–Trinajstić information content (AvgIpc) is 2.55. The SMILES string of the molecule is O=C(c1ccncc1C#CCCO)N1CCOC(CO)C1. The van der Waals surface area contributed by atoms with Crippen molar-refractivity contribution in [3.05, 3.63) is 29.6 Å². The third-order valence-corrected chi connectivity index (χ3v) is 3.14. The van der Waals surface area contributed by atoms with Gasteiger partial charge < -0.3 is 19.8 Å². The molecule has 2 rings (SSSR count). The molecule has 1 fully saturated rings. The van der Waals surface area contributed by atoms with Crippen LogP contribution in [-0.2, 0) is 4.74 Å². The van der Waals surface area contributed by atoms with Crippen LogP contribution in [0, 0.1) is 11.8 Å². The Bertz CT molecular complexity index is 550. The monoisotopic (exact) mass is 290 g/mol. The van der Waals surface area contributed by atoms with Crippen LogP contribution < -0.4 is 0 Å². The largest absolute Gasteiger partial charge is 0.395 e. The van der Waals surface area contributed by atoms with E-state index in [-0.39, 0.29) is 25.2 Å². The molecule has 2 N–H and O–H groups in total. The molecule has 21 heavy (non-hydrogen) atoms. The number of carbonyl (C=O) groups excluding carboxylic acids is 1. The number of aliphatic hydroxyl groups excluding tert-OH is 2. The summed E-state index contributed by atoms with van der Waals surface area (Å²) < 4.78 is 5.34. The Morgan fingerprint density at radius 2 is 2.38 bits per heavy atom. The molecule has 0 radical (unpaired) electrons. The summed E-state index contributed by atoms with van der Waals surface area (Å²) in [7, 11) is 0. The summed E-state index contributed by atoms with van der Waals surface area (Å²) in [5, 5.41) is 17.9. The van der Waals surface area contributed by atoms with Crippen LogP contribution >= 0.6 is 0 Å². The molecule has 0 aliphatic carbocycles. The zero-order chi connectivity index (χ0) is 15.1. The molecule has 0 aromatic carbocycles. The topological polar surface area (TPSA) is 82.9 Å². The average molecular weight is 290 g/mol. The second kappa shape index (κ2) is 7.74. The zero-order valence-electron chi connectivity index (χ0n) is 11.7. The second-order valence-electron chi connectivity index (χ2n) is 4.62. The predicted octanol–water partition coefficient (Wildman–Crippen LogP) is -0.351. The Kier molecular flexibility index (Phi) is 5.69. The summed E-state index contributed by atoms with van der Waals surface area (Å²) in [4.78, 5) is 18.2. The van der Waals surface area contributed by atoms with E-state index in [0.29, 0.717) is 37.2 Å². The first-order chi connectivity index (χ1) is 10.3. The highest BCUT2D eigenvalue weighted by Gasteiger charge is 2.25. The summed E-state index contributed by atoms with van der Waals surface area (Å²) in [6.07, 6.45) is 3.11. The zero-order valence-corrected chi connectivity index (χ0v) is 11.7. The molecule has 1 aromatic rings. The molecule has 2 heterocycles. The lowest BCUT2D eigenvalue weighted by atomic mass is 10.1. The second-order valence-corrected chi connectivity index (χ2v) is 4.62. The van der Waals surface area contributed by atoms with E-state index in [0.717, 1.165) is 0 Å². The van der Waals surface area contributed by atoms with Crippen molar-refractivity contribution in [3.8, 4) is 11.8 Å². The third kappa shape index (κ3) is 4.02. The van der Waals surface area contributed by atoms with Crippen LogP contribution in [0.25, 0.3) is 0 Å². The van der Waals surface area contributed by atoms with E-state index in [1.54, 1.807) is 23.4 Å². The number of hydrogen-bond donors (Lipinski definition) is 2. The predicted molar refractivity (Wildman–Crippen MR) is 75.5 cm³/mol. The number of amides is 1. The van der Waals surface area contributed by atoms with Crippen LogP contribution in [0.4, 0.5) is 0 Å². The molecule has 1 saturated heterocycles. The molecule has 1 aromatic heterocycles. The van der Waals surface area contributed by atoms with Crippen molar-refractivity contribution in [1.29, 1.82) is 0 Å². The number of morpholine rings is 1. The molecule has 112 valence electrons. The van der Waals surface area contributed by atoms with Crippen molar-refractivity contribution in [2.24, 2.45) is 0 Å². The molecule has 1 amide bonds. The molecular formula is C15H18N2O4. The maximum Gasteiger partial charge on any atom is 0.255 e. The maximum atomic E-state index is 12.6. The number of aliphatic hydroxyl groups is 2. The Labute approximate surface area is 123 Å². The van der Waals surface area contributed by atoms with Crippen LogP contribution in [0.15, 0.2) is 18.5 Å². The number of nitrogens with zero attached hydrogens (tertiary/aromatic N) is 2. The van der Waals surface area contributed by atoms with E-state index in [1.807, 2.05) is 0 Å². The highest BCUT2D eigenvalue weighted by atomic mass is 16.5. The van der Waals surface area contributed by atoms with Crippen molar-refractivity contribution in [3.63, 3.8) is 0 Å². The molecule has 0 spiro atoms. The third-order valence-electron chi connectivity index (χ3n) is 3.14. The molecule has 6 nitrogen and oxygen atoms in total. The van der Waals surface area contributed by atoms with E-state index in [2.05, 4.69) is 16.8 Å². The van der Waals surface area contributed by atoms with E-state index < -0.39 is 0 Å². The quantitative estimate of drug-likeness (QED) is 0.744. The molecule has 1 unspecified atom stereocenters. The van der Waals surface area contributed by atoms with Gasteiger partial charge in [0.15, 0.2) is 0 Å². The normalized spacial score (nSPS) is 18.0. The van der Waals surface area contributed by atoms with Crippen molar-refractivity contribution < 1.29 is 19.7 Å². The minimum absolute atomic E-state index is 0.0157. The lowest BCUT2D eigenvalue weighted by Gasteiger charge is -2.32. The summed E-state index contributed by atoms with van der Waals surface area (Å²) >= 11 is 0. The highest BCUT2D eigenvalue weighted by Crippen LogP contribution is 2.13. The lowest BCUT2D eigenvalue weighted by Crippen LogP contribution is -2.47. The van der Waals surface area contributed by atoms with E-state index in [9.17, 15) is 4.79 Å². The molecule has 1 aliphatic rings. The smallest absolute Gasteiger partial charge is 0.255 e. The number of hydrogen-bond acceptors (Lipinski definition) is 5. The number of rotatable bonds is 3. The van der Waals surface area contributed by atoms with Crippen LogP contribution in [0.3, 0.4) is 0 Å². The van der Waals surface area contributed by atoms with Crippen LogP contribution in [-0.4, -0.2) is 65.0 Å². The Morgan fingerprint density at radius 1 is 1.52 bits per heavy atom. The van der Waals surface area contributed by atoms with Crippen molar-refractivity contribution in [2.75, 3.05) is 32.9 Å². The number of ether oxygens (including phenoxy) is 1. The van der Waals surface area contributed by atoms with Crippen LogP contribution in [0.2, 0.25) is 0 Å². The van der Waals surface area contributed by atoms with Gasteiger partial charge in [0.2, 0.25) is 0 Å². The Morgan fingerprint density at radius 3 is 3.14 bits per heavy atom. The molecule has 1 aliphatic heterocycles. The fraction of sp³-hybridized carbons (Fsp3) is 0.467. The first-order valence-corrected chi connectivity index (χ1v) is 6.81. The van der Waals surface area contributed by atoms with Crippen molar-refractivity contribution in [2.45, 2.75) is 12.5 Å². The summed E-state index contributed by atoms with van der Waals surface area (Å²) in [6, 6.07) is 1.63. The van der Waals surface area contributed by atoms with Gasteiger partial charge in [-0.05, 0) is 6.07 Å². The number of aromatic nitrogens is 1. The first kappa shape index (κ1) is 15.4. The van der Waals surface area contributed by atoms with E-state index >= 15 is 0 Å². The molecule has 0 saturated carbocycles. The van der Waals surface area contributed by atoms with Gasteiger partial charge in [-0.1, -0.05) is 11.8 Å². The van der Waals surface area contributed by atoms with Gasteiger partial charge in [-0.25, -0.2) is 0 Å². The maximum absolute atomic E-state index is 12.6. The van der Waals surface area contributed by atoms with Crippen LogP contribution in [0.1, 0.15) is 22.3 Å². The fourth-order valence-electron chi connectivity index (χ4n) is 2.08. The van der Waals surface area contributed by atoms with E-state index in [1.165, 1.54) is 0 Å². The van der Waals surface area contributed by atoms with Crippen molar-refractivity contribution in [1.82, 2.24) is 9.88 Å². The van der Waals surface area contributed by atoms with E-state index in [4.69, 9.17) is 14.9 Å². The molecule has 1 atom stereocenters. The molecule has 6 heteroatoms. The Hall–Kier alpha value is -1.94. The van der Waals surface area contributed by atoms with Gasteiger partial charge in [0.25, 0.3) is 5.91 Å².